The van der Waals surface area contributed by atoms with Crippen LogP contribution in [0.4, 0.5) is 0 Å². The second-order valence-corrected chi connectivity index (χ2v) is 16.7. The zero-order chi connectivity index (χ0) is 23.5. The van der Waals surface area contributed by atoms with Gasteiger partial charge in [-0.3, -0.25) is 0 Å². The summed E-state index contributed by atoms with van der Waals surface area (Å²) in [5.74, 6) is 2.45. The highest BCUT2D eigenvalue weighted by Crippen LogP contribution is 2.29. The zero-order valence-electron chi connectivity index (χ0n) is 22.1. The zero-order valence-corrected chi connectivity index (χ0v) is 24.7. The fourth-order valence-corrected chi connectivity index (χ4v) is 9.31. The highest BCUT2D eigenvalue weighted by atomic mass is 32.9. The Morgan fingerprint density at radius 2 is 0.656 bits per heavy atom. The van der Waals surface area contributed by atoms with Crippen LogP contribution in [-0.4, -0.2) is 16.4 Å². The van der Waals surface area contributed by atoms with Gasteiger partial charge in [-0.05, 0) is 12.8 Å². The molecule has 4 heteroatoms. The lowest BCUT2D eigenvalue weighted by Crippen LogP contribution is -2.01. The molecule has 0 aliphatic heterocycles. The summed E-state index contributed by atoms with van der Waals surface area (Å²) in [4.78, 5) is 10.1. The molecule has 0 saturated carbocycles. The van der Waals surface area contributed by atoms with Crippen molar-refractivity contribution >= 4 is 28.4 Å². The standard InChI is InChI=1S/C28H60OPS2/c1-3-5-7-9-11-13-15-17-19-21-23-25-27-32(30(29)31)28-26-24-22-20-18-16-14-12-10-8-6-4-2/h29,31H,3-28H2,1-2H3/q+1. The molecule has 1 N–H and O–H groups in total. The van der Waals surface area contributed by atoms with E-state index in [-0.39, 0.29) is 10.1 Å². The minimum atomic E-state index is -1.02. The Bertz CT molecular complexity index is 367. The molecule has 1 atom stereocenters. The van der Waals surface area contributed by atoms with E-state index in [1.165, 1.54) is 166 Å². The lowest BCUT2D eigenvalue weighted by Gasteiger charge is -2.05. The Labute approximate surface area is 212 Å². The summed E-state index contributed by atoms with van der Waals surface area (Å²) in [7, 11) is 0.179. The highest BCUT2D eigenvalue weighted by molar-refractivity contribution is 8.60. The smallest absolute Gasteiger partial charge is 0.178 e. The van der Waals surface area contributed by atoms with Gasteiger partial charge >= 0.3 is 6.13 Å². The first-order valence-corrected chi connectivity index (χ1v) is 19.2. The lowest BCUT2D eigenvalue weighted by molar-refractivity contribution is 0.547. The predicted octanol–water partition coefficient (Wildman–Crippen LogP) is 11.2. The minimum absolute atomic E-state index is 0.179. The maximum atomic E-state index is 10.1. The quantitative estimate of drug-likeness (QED) is 0.0677. The van der Waals surface area contributed by atoms with E-state index in [0.717, 1.165) is 0 Å². The Morgan fingerprint density at radius 3 is 0.875 bits per heavy atom. The Kier molecular flexibility index (Phi) is 29.0. The van der Waals surface area contributed by atoms with Crippen molar-refractivity contribution in [1.29, 1.82) is 0 Å². The number of unbranched alkanes of at least 4 members (excludes halogenated alkanes) is 22. The molecule has 1 unspecified atom stereocenters. The van der Waals surface area contributed by atoms with Gasteiger partial charge < -0.3 is 0 Å². The molecule has 194 valence electrons. The van der Waals surface area contributed by atoms with E-state index in [4.69, 9.17) is 0 Å². The average Bonchev–Trinajstić information content (AvgIpc) is 2.78. The number of hydrogen-bond acceptors (Lipinski definition) is 0. The molecule has 0 rings (SSSR count). The van der Waals surface area contributed by atoms with Gasteiger partial charge in [0.15, 0.2) is 0 Å². The van der Waals surface area contributed by atoms with E-state index in [0.29, 0.717) is 0 Å². The van der Waals surface area contributed by atoms with Gasteiger partial charge in [0, 0.05) is 21.6 Å². The Morgan fingerprint density at radius 1 is 0.438 bits per heavy atom. The first-order chi connectivity index (χ1) is 15.7. The maximum Gasteiger partial charge on any atom is 0.353 e. The van der Waals surface area contributed by atoms with Crippen LogP contribution in [0.1, 0.15) is 168 Å². The molecule has 0 bridgehead atoms. The molecule has 0 spiro atoms. The van der Waals surface area contributed by atoms with Crippen LogP contribution in [-0.2, 0) is 10.1 Å². The molecule has 0 aromatic rings. The molecule has 0 radical (unpaired) electrons. The van der Waals surface area contributed by atoms with Crippen molar-refractivity contribution in [2.45, 2.75) is 168 Å². The number of thiol groups is 1. The number of rotatable bonds is 26. The van der Waals surface area contributed by atoms with Crippen molar-refractivity contribution in [2.24, 2.45) is 0 Å². The van der Waals surface area contributed by atoms with E-state index >= 15 is 0 Å². The normalized spacial score (nSPS) is 12.1. The molecule has 1 nitrogen and oxygen atoms in total. The summed E-state index contributed by atoms with van der Waals surface area (Å²) in [6, 6.07) is 0. The van der Waals surface area contributed by atoms with Gasteiger partial charge in [-0.2, -0.15) is 4.89 Å². The van der Waals surface area contributed by atoms with Crippen molar-refractivity contribution in [3.8, 4) is 0 Å². The summed E-state index contributed by atoms with van der Waals surface area (Å²) < 4.78 is 0. The summed E-state index contributed by atoms with van der Waals surface area (Å²) in [5.41, 5.74) is 0. The monoisotopic (exact) mass is 507 g/mol. The summed E-state index contributed by atoms with van der Waals surface area (Å²) in [5, 5.41) is 0. The van der Waals surface area contributed by atoms with Crippen LogP contribution in [0.5, 0.6) is 0 Å². The third-order valence-electron chi connectivity index (χ3n) is 6.70. The Hall–Kier alpha value is 0.960. The molecule has 0 aromatic carbocycles. The third-order valence-corrected chi connectivity index (χ3v) is 13.2. The SMILES string of the molecule is CCCCCCCCCCCCCCS(CCCCCCCCCCCCCC)=[P+](O)S. The van der Waals surface area contributed by atoms with Gasteiger partial charge in [0.05, 0.1) is 0 Å². The third kappa shape index (κ3) is 25.6. The predicted molar refractivity (Wildman–Crippen MR) is 157 cm³/mol. The van der Waals surface area contributed by atoms with Crippen LogP contribution < -0.4 is 0 Å². The van der Waals surface area contributed by atoms with Crippen LogP contribution in [0, 0.1) is 0 Å². The van der Waals surface area contributed by atoms with E-state index < -0.39 is 6.13 Å². The van der Waals surface area contributed by atoms with Gasteiger partial charge in [-0.25, -0.2) is 0 Å². The topological polar surface area (TPSA) is 20.2 Å². The van der Waals surface area contributed by atoms with E-state index in [1.807, 2.05) is 0 Å². The van der Waals surface area contributed by atoms with Gasteiger partial charge in [0.2, 0.25) is 0 Å². The molecule has 0 heterocycles. The van der Waals surface area contributed by atoms with Crippen LogP contribution >= 0.6 is 18.4 Å². The Balaban J connectivity index is 3.45. The molecule has 0 aliphatic carbocycles. The summed E-state index contributed by atoms with van der Waals surface area (Å²) in [6.45, 7) is 4.58. The maximum absolute atomic E-state index is 10.1. The average molecular weight is 508 g/mol. The largest absolute Gasteiger partial charge is 0.353 e. The minimum Gasteiger partial charge on any atom is -0.178 e. The van der Waals surface area contributed by atoms with Crippen molar-refractivity contribution in [3.05, 3.63) is 0 Å². The molecule has 0 amide bonds. The molecule has 0 aromatic heterocycles. The van der Waals surface area contributed by atoms with E-state index in [9.17, 15) is 4.89 Å². The fraction of sp³-hybridized carbons (Fsp3) is 1.00. The van der Waals surface area contributed by atoms with Gasteiger partial charge in [-0.15, -0.1) is 0 Å². The van der Waals surface area contributed by atoms with Crippen LogP contribution in [0.2, 0.25) is 0 Å². The molecular weight excluding hydrogens is 447 g/mol. The van der Waals surface area contributed by atoms with Crippen molar-refractivity contribution in [1.82, 2.24) is 0 Å². The van der Waals surface area contributed by atoms with Gasteiger partial charge in [-0.1, -0.05) is 155 Å². The van der Waals surface area contributed by atoms with Gasteiger partial charge in [0.1, 0.15) is 12.2 Å². The second-order valence-electron chi connectivity index (χ2n) is 9.90. The first kappa shape index (κ1) is 33.0. The molecule has 0 aliphatic rings. The summed E-state index contributed by atoms with van der Waals surface area (Å²) >= 11 is 4.45. The van der Waals surface area contributed by atoms with E-state index in [1.54, 1.807) is 0 Å². The van der Waals surface area contributed by atoms with Crippen LogP contribution in [0.3, 0.4) is 0 Å². The molecule has 0 saturated heterocycles. The number of hydrogen-bond donors (Lipinski definition) is 2. The van der Waals surface area contributed by atoms with Crippen molar-refractivity contribution in [2.75, 3.05) is 11.5 Å². The summed E-state index contributed by atoms with van der Waals surface area (Å²) in [6.07, 6.45) is 32.8. The second kappa shape index (κ2) is 28.2. The molecule has 32 heavy (non-hydrogen) atoms. The fourth-order valence-electron chi connectivity index (χ4n) is 4.48. The van der Waals surface area contributed by atoms with E-state index in [2.05, 4.69) is 26.1 Å². The van der Waals surface area contributed by atoms with Crippen LogP contribution in [0.25, 0.3) is 0 Å². The molecule has 0 fully saturated rings. The van der Waals surface area contributed by atoms with Crippen LogP contribution in [0.15, 0.2) is 0 Å². The highest BCUT2D eigenvalue weighted by Gasteiger charge is 2.11. The molecular formula is C28H60OPS2+. The van der Waals surface area contributed by atoms with Crippen molar-refractivity contribution in [3.63, 3.8) is 0 Å². The first-order valence-electron chi connectivity index (χ1n) is 14.6. The van der Waals surface area contributed by atoms with Gasteiger partial charge in [0.25, 0.3) is 0 Å². The lowest BCUT2D eigenvalue weighted by atomic mass is 10.1. The van der Waals surface area contributed by atoms with Crippen molar-refractivity contribution < 1.29 is 4.89 Å².